The standard InChI is InChI=1S/C21H22N2O6S/c1-15-19(21(24)29-14-17-6-4-5-7-20(17)28-3)13-23(30(25,26)22-15)12-16-8-10-18(27-2)11-9-16/h4-11,13H,12,14H2,1-3H3. The fourth-order valence-corrected chi connectivity index (χ4v) is 3.96. The van der Waals surface area contributed by atoms with E-state index in [0.29, 0.717) is 22.6 Å². The van der Waals surface area contributed by atoms with Gasteiger partial charge in [-0.15, -0.1) is 4.40 Å². The van der Waals surface area contributed by atoms with Crippen molar-refractivity contribution in [2.75, 3.05) is 14.2 Å². The molecule has 0 aromatic heterocycles. The number of carbonyl (C=O) groups is 1. The average molecular weight is 430 g/mol. The zero-order valence-electron chi connectivity index (χ0n) is 16.9. The molecule has 0 saturated carbocycles. The molecule has 0 unspecified atom stereocenters. The van der Waals surface area contributed by atoms with Crippen LogP contribution in [0.5, 0.6) is 11.5 Å². The van der Waals surface area contributed by atoms with E-state index in [2.05, 4.69) is 4.40 Å². The summed E-state index contributed by atoms with van der Waals surface area (Å²) in [5.41, 5.74) is 1.56. The van der Waals surface area contributed by atoms with Gasteiger partial charge in [0.15, 0.2) is 0 Å². The maximum absolute atomic E-state index is 12.6. The molecule has 0 saturated heterocycles. The Morgan fingerprint density at radius 3 is 2.40 bits per heavy atom. The maximum Gasteiger partial charge on any atom is 0.344 e. The first kappa shape index (κ1) is 21.4. The van der Waals surface area contributed by atoms with E-state index < -0.39 is 16.2 Å². The summed E-state index contributed by atoms with van der Waals surface area (Å²) in [7, 11) is -0.865. The minimum Gasteiger partial charge on any atom is -0.497 e. The van der Waals surface area contributed by atoms with Gasteiger partial charge >= 0.3 is 16.2 Å². The van der Waals surface area contributed by atoms with Gasteiger partial charge < -0.3 is 14.2 Å². The minimum absolute atomic E-state index is 0.0152. The van der Waals surface area contributed by atoms with E-state index in [1.54, 1.807) is 49.6 Å². The van der Waals surface area contributed by atoms with Crippen molar-refractivity contribution in [1.82, 2.24) is 4.31 Å². The zero-order chi connectivity index (χ0) is 21.7. The maximum atomic E-state index is 12.6. The minimum atomic E-state index is -3.94. The molecule has 0 aliphatic carbocycles. The van der Waals surface area contributed by atoms with Crippen LogP contribution in [0.15, 0.2) is 64.7 Å². The molecule has 158 valence electrons. The number of hydrogen-bond donors (Lipinski definition) is 0. The number of methoxy groups -OCH3 is 2. The number of para-hydroxylation sites is 1. The molecule has 8 nitrogen and oxygen atoms in total. The first-order chi connectivity index (χ1) is 14.3. The molecule has 0 radical (unpaired) electrons. The summed E-state index contributed by atoms with van der Waals surface area (Å²) in [6, 6.07) is 14.1. The summed E-state index contributed by atoms with van der Waals surface area (Å²) in [6.07, 6.45) is 1.26. The number of rotatable bonds is 7. The molecule has 3 rings (SSSR count). The molecule has 0 atom stereocenters. The van der Waals surface area contributed by atoms with Crippen LogP contribution in [0, 0.1) is 0 Å². The Morgan fingerprint density at radius 2 is 1.73 bits per heavy atom. The molecule has 0 amide bonds. The van der Waals surface area contributed by atoms with Gasteiger partial charge in [-0.25, -0.2) is 4.79 Å². The van der Waals surface area contributed by atoms with Gasteiger partial charge in [0.25, 0.3) is 0 Å². The Hall–Kier alpha value is -3.33. The fourth-order valence-electron chi connectivity index (χ4n) is 2.86. The molecule has 2 aromatic rings. The third-order valence-electron chi connectivity index (χ3n) is 4.48. The lowest BCUT2D eigenvalue weighted by Gasteiger charge is -2.23. The van der Waals surface area contributed by atoms with Crippen LogP contribution in [0.25, 0.3) is 0 Å². The van der Waals surface area contributed by atoms with E-state index in [1.165, 1.54) is 20.2 Å². The van der Waals surface area contributed by atoms with E-state index in [1.807, 2.05) is 6.07 Å². The summed E-state index contributed by atoms with van der Waals surface area (Å²) in [5.74, 6) is 0.582. The highest BCUT2D eigenvalue weighted by molar-refractivity contribution is 7.88. The first-order valence-electron chi connectivity index (χ1n) is 9.06. The predicted octanol–water partition coefficient (Wildman–Crippen LogP) is 2.85. The smallest absolute Gasteiger partial charge is 0.344 e. The van der Waals surface area contributed by atoms with Crippen LogP contribution in [0.1, 0.15) is 18.1 Å². The van der Waals surface area contributed by atoms with Gasteiger partial charge in [0.05, 0.1) is 32.0 Å². The van der Waals surface area contributed by atoms with E-state index in [4.69, 9.17) is 14.2 Å². The molecule has 9 heteroatoms. The Balaban J connectivity index is 1.78. The fraction of sp³-hybridized carbons (Fsp3) is 0.238. The number of ether oxygens (including phenoxy) is 3. The van der Waals surface area contributed by atoms with Crippen LogP contribution in [-0.4, -0.2) is 38.6 Å². The Kier molecular flexibility index (Phi) is 6.41. The second kappa shape index (κ2) is 9.00. The molecule has 0 fully saturated rings. The highest BCUT2D eigenvalue weighted by atomic mass is 32.2. The third kappa shape index (κ3) is 4.80. The zero-order valence-corrected chi connectivity index (χ0v) is 17.7. The highest BCUT2D eigenvalue weighted by Gasteiger charge is 2.29. The quantitative estimate of drug-likeness (QED) is 0.627. The van der Waals surface area contributed by atoms with E-state index in [-0.39, 0.29) is 24.4 Å². The van der Waals surface area contributed by atoms with Crippen LogP contribution in [0.2, 0.25) is 0 Å². The number of benzene rings is 2. The molecular formula is C21H22N2O6S. The van der Waals surface area contributed by atoms with Crippen LogP contribution in [-0.2, 0) is 32.9 Å². The van der Waals surface area contributed by atoms with Crippen molar-refractivity contribution in [3.05, 3.63) is 71.4 Å². The lowest BCUT2D eigenvalue weighted by Crippen LogP contribution is -2.31. The van der Waals surface area contributed by atoms with Crippen LogP contribution >= 0.6 is 0 Å². The summed E-state index contributed by atoms with van der Waals surface area (Å²) < 4.78 is 45.4. The van der Waals surface area contributed by atoms with Gasteiger partial charge in [-0.1, -0.05) is 30.3 Å². The van der Waals surface area contributed by atoms with Gasteiger partial charge in [0.2, 0.25) is 0 Å². The van der Waals surface area contributed by atoms with Gasteiger partial charge in [0, 0.05) is 11.8 Å². The van der Waals surface area contributed by atoms with Crippen molar-refractivity contribution in [1.29, 1.82) is 0 Å². The van der Waals surface area contributed by atoms with Gasteiger partial charge in [-0.2, -0.15) is 8.42 Å². The average Bonchev–Trinajstić information content (AvgIpc) is 2.74. The van der Waals surface area contributed by atoms with Crippen LogP contribution in [0.4, 0.5) is 0 Å². The number of carbonyl (C=O) groups excluding carboxylic acids is 1. The molecule has 30 heavy (non-hydrogen) atoms. The number of hydrogen-bond acceptors (Lipinski definition) is 6. The van der Waals surface area contributed by atoms with E-state index in [0.717, 1.165) is 4.31 Å². The first-order valence-corrected chi connectivity index (χ1v) is 10.5. The molecule has 0 spiro atoms. The van der Waals surface area contributed by atoms with Crippen molar-refractivity contribution in [2.45, 2.75) is 20.1 Å². The van der Waals surface area contributed by atoms with Gasteiger partial charge in [0.1, 0.15) is 18.1 Å². The molecule has 1 aliphatic rings. The predicted molar refractivity (Wildman–Crippen MR) is 111 cm³/mol. The van der Waals surface area contributed by atoms with Gasteiger partial charge in [-0.05, 0) is 30.7 Å². The molecule has 1 aliphatic heterocycles. The van der Waals surface area contributed by atoms with Crippen molar-refractivity contribution in [3.63, 3.8) is 0 Å². The molecule has 2 aromatic carbocycles. The molecule has 0 bridgehead atoms. The SMILES string of the molecule is COc1ccc(CN2C=C(C(=O)OCc3ccccc3OC)C(C)=NS2(=O)=O)cc1. The summed E-state index contributed by atoms with van der Waals surface area (Å²) >= 11 is 0. The third-order valence-corrected chi connectivity index (χ3v) is 5.81. The topological polar surface area (TPSA) is 94.5 Å². The van der Waals surface area contributed by atoms with Crippen molar-refractivity contribution in [2.24, 2.45) is 4.40 Å². The monoisotopic (exact) mass is 430 g/mol. The summed E-state index contributed by atoms with van der Waals surface area (Å²) in [5, 5.41) is 0. The second-order valence-electron chi connectivity index (χ2n) is 6.48. The number of nitrogens with zero attached hydrogens (tertiary/aromatic N) is 2. The highest BCUT2D eigenvalue weighted by Crippen LogP contribution is 2.23. The Labute approximate surface area is 175 Å². The largest absolute Gasteiger partial charge is 0.497 e. The van der Waals surface area contributed by atoms with E-state index >= 15 is 0 Å². The molecule has 0 N–H and O–H groups in total. The second-order valence-corrected chi connectivity index (χ2v) is 8.03. The van der Waals surface area contributed by atoms with Crippen molar-refractivity contribution < 1.29 is 27.4 Å². The molecule has 1 heterocycles. The van der Waals surface area contributed by atoms with Crippen molar-refractivity contribution >= 4 is 21.9 Å². The summed E-state index contributed by atoms with van der Waals surface area (Å²) in [4.78, 5) is 12.6. The van der Waals surface area contributed by atoms with Crippen molar-refractivity contribution in [3.8, 4) is 11.5 Å². The van der Waals surface area contributed by atoms with Crippen LogP contribution in [0.3, 0.4) is 0 Å². The lowest BCUT2D eigenvalue weighted by atomic mass is 10.2. The normalized spacial score (nSPS) is 15.1. The Bertz CT molecular complexity index is 1090. The van der Waals surface area contributed by atoms with E-state index in [9.17, 15) is 13.2 Å². The number of esters is 1. The lowest BCUT2D eigenvalue weighted by molar-refractivity contribution is -0.139. The summed E-state index contributed by atoms with van der Waals surface area (Å²) in [6.45, 7) is 1.46. The Morgan fingerprint density at radius 1 is 1.03 bits per heavy atom. The van der Waals surface area contributed by atoms with Gasteiger partial charge in [-0.3, -0.25) is 4.31 Å². The van der Waals surface area contributed by atoms with Crippen LogP contribution < -0.4 is 9.47 Å². The molecular weight excluding hydrogens is 408 g/mol.